The zero-order valence-corrected chi connectivity index (χ0v) is 11.5. The average Bonchev–Trinajstić information content (AvgIpc) is 2.73. The van der Waals surface area contributed by atoms with E-state index >= 15 is 0 Å². The van der Waals surface area contributed by atoms with E-state index < -0.39 is 27.4 Å². The molecule has 6 heteroatoms. The Morgan fingerprint density at radius 1 is 1.37 bits per heavy atom. The number of rotatable bonds is 4. The molecule has 0 heterocycles. The monoisotopic (exact) mass is 283 g/mol. The molecule has 2 N–H and O–H groups in total. The molecule has 1 fully saturated rings. The molecule has 2 unspecified atom stereocenters. The second-order valence-electron chi connectivity index (χ2n) is 5.10. The third kappa shape index (κ3) is 2.64. The van der Waals surface area contributed by atoms with E-state index in [0.717, 1.165) is 0 Å². The number of carboxylic acid groups (broad SMARTS) is 1. The van der Waals surface area contributed by atoms with Crippen molar-refractivity contribution in [3.05, 3.63) is 30.3 Å². The highest BCUT2D eigenvalue weighted by molar-refractivity contribution is 7.89. The summed E-state index contributed by atoms with van der Waals surface area (Å²) in [5, 5.41) is 9.28. The standard InChI is InChI=1S/C13H17NO4S/c1-13(12(15)16)9-5-8-11(13)14-19(17,18)10-6-3-2-4-7-10/h2-4,6-7,11,14H,5,8-9H2,1H3,(H,15,16). The molecule has 104 valence electrons. The lowest BCUT2D eigenvalue weighted by Crippen LogP contribution is -2.46. The number of aliphatic carboxylic acids is 1. The van der Waals surface area contributed by atoms with E-state index in [-0.39, 0.29) is 4.90 Å². The Kier molecular flexibility index (Phi) is 3.64. The van der Waals surface area contributed by atoms with Crippen LogP contribution in [-0.4, -0.2) is 25.5 Å². The Hall–Kier alpha value is -1.40. The molecule has 1 aliphatic rings. The van der Waals surface area contributed by atoms with E-state index in [1.807, 2.05) is 0 Å². The maximum absolute atomic E-state index is 12.2. The van der Waals surface area contributed by atoms with E-state index in [9.17, 15) is 18.3 Å². The summed E-state index contributed by atoms with van der Waals surface area (Å²) >= 11 is 0. The summed E-state index contributed by atoms with van der Waals surface area (Å²) in [6.07, 6.45) is 1.75. The van der Waals surface area contributed by atoms with Gasteiger partial charge in [-0.1, -0.05) is 24.6 Å². The normalized spacial score (nSPS) is 27.3. The Morgan fingerprint density at radius 3 is 2.58 bits per heavy atom. The Morgan fingerprint density at radius 2 is 2.00 bits per heavy atom. The van der Waals surface area contributed by atoms with Crippen molar-refractivity contribution in [3.8, 4) is 0 Å². The molecular weight excluding hydrogens is 266 g/mol. The minimum Gasteiger partial charge on any atom is -0.481 e. The Bertz CT molecular complexity index is 570. The molecular formula is C13H17NO4S. The lowest BCUT2D eigenvalue weighted by molar-refractivity contribution is -0.148. The Balaban J connectivity index is 2.24. The maximum Gasteiger partial charge on any atom is 0.310 e. The first-order valence-corrected chi connectivity index (χ1v) is 7.65. The highest BCUT2D eigenvalue weighted by Gasteiger charge is 2.46. The molecule has 0 bridgehead atoms. The van der Waals surface area contributed by atoms with Gasteiger partial charge in [0.1, 0.15) is 0 Å². The van der Waals surface area contributed by atoms with Gasteiger partial charge in [0.2, 0.25) is 10.0 Å². The van der Waals surface area contributed by atoms with Crippen LogP contribution in [0.5, 0.6) is 0 Å². The minimum atomic E-state index is -3.66. The van der Waals surface area contributed by atoms with Crippen molar-refractivity contribution in [2.45, 2.75) is 37.1 Å². The fourth-order valence-corrected chi connectivity index (χ4v) is 3.87. The largest absolute Gasteiger partial charge is 0.481 e. The summed E-state index contributed by atoms with van der Waals surface area (Å²) in [6, 6.07) is 7.44. The molecule has 1 aromatic carbocycles. The van der Waals surface area contributed by atoms with Crippen LogP contribution in [0.1, 0.15) is 26.2 Å². The number of carboxylic acids is 1. The molecule has 0 spiro atoms. The number of carbonyl (C=O) groups is 1. The third-order valence-corrected chi connectivity index (χ3v) is 5.29. The van der Waals surface area contributed by atoms with Crippen LogP contribution in [0.4, 0.5) is 0 Å². The van der Waals surface area contributed by atoms with Crippen molar-refractivity contribution in [2.75, 3.05) is 0 Å². The minimum absolute atomic E-state index is 0.162. The lowest BCUT2D eigenvalue weighted by Gasteiger charge is -2.27. The SMILES string of the molecule is CC1(C(=O)O)CCCC1NS(=O)(=O)c1ccccc1. The van der Waals surface area contributed by atoms with Crippen LogP contribution < -0.4 is 4.72 Å². The summed E-state index contributed by atoms with van der Waals surface area (Å²) in [7, 11) is -3.66. The molecule has 1 aromatic rings. The van der Waals surface area contributed by atoms with Gasteiger partial charge in [0, 0.05) is 6.04 Å². The third-order valence-electron chi connectivity index (χ3n) is 3.80. The van der Waals surface area contributed by atoms with Gasteiger partial charge in [-0.3, -0.25) is 4.79 Å². The van der Waals surface area contributed by atoms with Crippen LogP contribution in [0.25, 0.3) is 0 Å². The van der Waals surface area contributed by atoms with Gasteiger partial charge >= 0.3 is 5.97 Å². The molecule has 0 amide bonds. The van der Waals surface area contributed by atoms with Crippen LogP contribution in [0.3, 0.4) is 0 Å². The summed E-state index contributed by atoms with van der Waals surface area (Å²) in [6.45, 7) is 1.60. The molecule has 5 nitrogen and oxygen atoms in total. The molecule has 1 saturated carbocycles. The highest BCUT2D eigenvalue weighted by Crippen LogP contribution is 2.38. The van der Waals surface area contributed by atoms with Crippen LogP contribution >= 0.6 is 0 Å². The van der Waals surface area contributed by atoms with Crippen LogP contribution in [0.2, 0.25) is 0 Å². The van der Waals surface area contributed by atoms with Crippen LogP contribution in [0, 0.1) is 5.41 Å². The van der Waals surface area contributed by atoms with E-state index in [2.05, 4.69) is 4.72 Å². The van der Waals surface area contributed by atoms with Gasteiger partial charge in [-0.2, -0.15) is 0 Å². The number of hydrogen-bond acceptors (Lipinski definition) is 3. The van der Waals surface area contributed by atoms with Gasteiger partial charge in [-0.15, -0.1) is 0 Å². The number of sulfonamides is 1. The summed E-state index contributed by atoms with van der Waals surface area (Å²) in [5.74, 6) is -0.953. The van der Waals surface area contributed by atoms with E-state index in [0.29, 0.717) is 19.3 Å². The number of nitrogens with one attached hydrogen (secondary N) is 1. The molecule has 2 atom stereocenters. The van der Waals surface area contributed by atoms with Crippen LogP contribution in [-0.2, 0) is 14.8 Å². The maximum atomic E-state index is 12.2. The molecule has 0 radical (unpaired) electrons. The zero-order chi connectivity index (χ0) is 14.1. The molecule has 2 rings (SSSR count). The predicted molar refractivity (Wildman–Crippen MR) is 70.1 cm³/mol. The first-order chi connectivity index (χ1) is 8.86. The van der Waals surface area contributed by atoms with Gasteiger partial charge in [0.05, 0.1) is 10.3 Å². The van der Waals surface area contributed by atoms with E-state index in [1.54, 1.807) is 25.1 Å². The van der Waals surface area contributed by atoms with E-state index in [4.69, 9.17) is 0 Å². The van der Waals surface area contributed by atoms with Gasteiger partial charge < -0.3 is 5.11 Å². The van der Waals surface area contributed by atoms with Crippen molar-refractivity contribution in [3.63, 3.8) is 0 Å². The van der Waals surface area contributed by atoms with Crippen LogP contribution in [0.15, 0.2) is 35.2 Å². The lowest BCUT2D eigenvalue weighted by atomic mass is 9.85. The van der Waals surface area contributed by atoms with Crippen molar-refractivity contribution < 1.29 is 18.3 Å². The molecule has 0 aromatic heterocycles. The molecule has 0 saturated heterocycles. The predicted octanol–water partition coefficient (Wildman–Crippen LogP) is 1.61. The topological polar surface area (TPSA) is 83.5 Å². The summed E-state index contributed by atoms with van der Waals surface area (Å²) in [4.78, 5) is 11.5. The van der Waals surface area contributed by atoms with E-state index in [1.165, 1.54) is 12.1 Å². The van der Waals surface area contributed by atoms with Gasteiger partial charge in [-0.05, 0) is 31.9 Å². The first kappa shape index (κ1) is 14.0. The quantitative estimate of drug-likeness (QED) is 0.879. The van der Waals surface area contributed by atoms with Crippen molar-refractivity contribution in [2.24, 2.45) is 5.41 Å². The first-order valence-electron chi connectivity index (χ1n) is 6.17. The van der Waals surface area contributed by atoms with Crippen molar-refractivity contribution >= 4 is 16.0 Å². The smallest absolute Gasteiger partial charge is 0.310 e. The fourth-order valence-electron chi connectivity index (χ4n) is 2.47. The highest BCUT2D eigenvalue weighted by atomic mass is 32.2. The summed E-state index contributed by atoms with van der Waals surface area (Å²) < 4.78 is 26.9. The number of benzene rings is 1. The number of hydrogen-bond donors (Lipinski definition) is 2. The molecule has 0 aliphatic heterocycles. The fraction of sp³-hybridized carbons (Fsp3) is 0.462. The second-order valence-corrected chi connectivity index (χ2v) is 6.82. The van der Waals surface area contributed by atoms with Crippen molar-refractivity contribution in [1.82, 2.24) is 4.72 Å². The summed E-state index contributed by atoms with van der Waals surface area (Å²) in [5.41, 5.74) is -1.03. The van der Waals surface area contributed by atoms with Gasteiger partial charge in [0.15, 0.2) is 0 Å². The second kappa shape index (κ2) is 4.94. The molecule has 1 aliphatic carbocycles. The Labute approximate surface area is 112 Å². The van der Waals surface area contributed by atoms with Gasteiger partial charge in [0.25, 0.3) is 0 Å². The zero-order valence-electron chi connectivity index (χ0n) is 10.7. The molecule has 19 heavy (non-hydrogen) atoms. The van der Waals surface area contributed by atoms with Gasteiger partial charge in [-0.25, -0.2) is 13.1 Å². The average molecular weight is 283 g/mol. The van der Waals surface area contributed by atoms with Crippen molar-refractivity contribution in [1.29, 1.82) is 0 Å².